The van der Waals surface area contributed by atoms with Crippen LogP contribution in [0, 0.1) is 23.2 Å². The van der Waals surface area contributed by atoms with Crippen LogP contribution < -0.4 is 0 Å². The summed E-state index contributed by atoms with van der Waals surface area (Å²) in [5.41, 5.74) is 0. The fourth-order valence-electron chi connectivity index (χ4n) is 2.25. The lowest BCUT2D eigenvalue weighted by molar-refractivity contribution is -0.129. The lowest BCUT2D eigenvalue weighted by atomic mass is 9.92. The number of rotatable bonds is 3. The van der Waals surface area contributed by atoms with Crippen LogP contribution in [0.1, 0.15) is 33.1 Å². The summed E-state index contributed by atoms with van der Waals surface area (Å²) in [4.78, 5) is 13.3. The molecule has 0 radical (unpaired) electrons. The van der Waals surface area contributed by atoms with E-state index >= 15 is 0 Å². The number of nitriles is 1. The Balaban J connectivity index is 2.53. The van der Waals surface area contributed by atoms with Gasteiger partial charge in [0.1, 0.15) is 6.42 Å². The van der Waals surface area contributed by atoms with Gasteiger partial charge in [-0.3, -0.25) is 4.79 Å². The molecule has 0 aromatic rings. The lowest BCUT2D eigenvalue weighted by Crippen LogP contribution is -2.28. The van der Waals surface area contributed by atoms with Crippen molar-refractivity contribution < 1.29 is 4.79 Å². The molecule has 0 N–H and O–H groups in total. The predicted molar refractivity (Wildman–Crippen MR) is 54.4 cm³/mol. The molecule has 78 valence electrons. The lowest BCUT2D eigenvalue weighted by Gasteiger charge is -2.13. The summed E-state index contributed by atoms with van der Waals surface area (Å²) in [7, 11) is 0. The van der Waals surface area contributed by atoms with E-state index in [4.69, 9.17) is 5.26 Å². The van der Waals surface area contributed by atoms with Gasteiger partial charge in [0.25, 0.3) is 0 Å². The quantitative estimate of drug-likeness (QED) is 0.687. The summed E-state index contributed by atoms with van der Waals surface area (Å²) in [6.45, 7) is 6.06. The van der Waals surface area contributed by atoms with Crippen LogP contribution in [-0.4, -0.2) is 23.9 Å². The first-order chi connectivity index (χ1) is 6.72. The van der Waals surface area contributed by atoms with Crippen molar-refractivity contribution in [2.24, 2.45) is 11.8 Å². The molecule has 1 saturated heterocycles. The number of nitrogens with zero attached hydrogens (tertiary/aromatic N) is 2. The average molecular weight is 194 g/mol. The smallest absolute Gasteiger partial charge is 0.236 e. The summed E-state index contributed by atoms with van der Waals surface area (Å²) in [5, 5.41) is 8.45. The van der Waals surface area contributed by atoms with Gasteiger partial charge in [0, 0.05) is 13.1 Å². The van der Waals surface area contributed by atoms with E-state index < -0.39 is 0 Å². The van der Waals surface area contributed by atoms with Gasteiger partial charge in [-0.15, -0.1) is 0 Å². The molecule has 2 atom stereocenters. The van der Waals surface area contributed by atoms with Crippen LogP contribution in [-0.2, 0) is 4.79 Å². The second-order valence-corrected chi connectivity index (χ2v) is 3.97. The summed E-state index contributed by atoms with van der Waals surface area (Å²) in [6.07, 6.45) is 2.30. The van der Waals surface area contributed by atoms with Gasteiger partial charge in [-0.2, -0.15) is 5.26 Å². The minimum Gasteiger partial charge on any atom is -0.341 e. The first kappa shape index (κ1) is 11.0. The Hall–Kier alpha value is -1.04. The third kappa shape index (κ3) is 2.25. The number of amides is 1. The first-order valence-electron chi connectivity index (χ1n) is 5.37. The third-order valence-corrected chi connectivity index (χ3v) is 3.21. The first-order valence-corrected chi connectivity index (χ1v) is 5.37. The average Bonchev–Trinajstić information content (AvgIpc) is 2.61. The highest BCUT2D eigenvalue weighted by Crippen LogP contribution is 2.28. The van der Waals surface area contributed by atoms with Crippen molar-refractivity contribution in [1.29, 1.82) is 5.26 Å². The van der Waals surface area contributed by atoms with Crippen molar-refractivity contribution in [2.75, 3.05) is 13.1 Å². The number of hydrogen-bond donors (Lipinski definition) is 0. The van der Waals surface area contributed by atoms with Crippen LogP contribution in [0.5, 0.6) is 0 Å². The largest absolute Gasteiger partial charge is 0.341 e. The number of carbonyl (C=O) groups excluding carboxylic acids is 1. The molecule has 0 saturated carbocycles. The maximum atomic E-state index is 11.5. The molecule has 2 unspecified atom stereocenters. The van der Waals surface area contributed by atoms with Crippen LogP contribution in [0.3, 0.4) is 0 Å². The summed E-state index contributed by atoms with van der Waals surface area (Å²) in [6, 6.07) is 1.92. The minimum absolute atomic E-state index is 0.00176. The molecular formula is C11H18N2O. The highest BCUT2D eigenvalue weighted by atomic mass is 16.2. The van der Waals surface area contributed by atoms with E-state index in [1.165, 1.54) is 0 Å². The molecule has 0 aliphatic carbocycles. The molecule has 0 spiro atoms. The summed E-state index contributed by atoms with van der Waals surface area (Å²) >= 11 is 0. The van der Waals surface area contributed by atoms with Crippen LogP contribution in [0.15, 0.2) is 0 Å². The normalized spacial score (nSPS) is 26.2. The van der Waals surface area contributed by atoms with Gasteiger partial charge < -0.3 is 4.90 Å². The molecule has 1 heterocycles. The topological polar surface area (TPSA) is 44.1 Å². The Morgan fingerprint density at radius 1 is 1.36 bits per heavy atom. The van der Waals surface area contributed by atoms with Crippen molar-refractivity contribution >= 4 is 5.91 Å². The summed E-state index contributed by atoms with van der Waals surface area (Å²) < 4.78 is 0. The molecule has 0 aromatic heterocycles. The highest BCUT2D eigenvalue weighted by molar-refractivity contribution is 5.78. The number of likely N-dealkylation sites (tertiary alicyclic amines) is 1. The predicted octanol–water partition coefficient (Wildman–Crippen LogP) is 1.79. The van der Waals surface area contributed by atoms with Gasteiger partial charge in [0.2, 0.25) is 5.91 Å². The number of hydrogen-bond acceptors (Lipinski definition) is 2. The minimum atomic E-state index is 0.00176. The van der Waals surface area contributed by atoms with Crippen molar-refractivity contribution in [1.82, 2.24) is 4.90 Å². The zero-order valence-corrected chi connectivity index (χ0v) is 8.99. The Morgan fingerprint density at radius 3 is 2.21 bits per heavy atom. The van der Waals surface area contributed by atoms with Crippen LogP contribution in [0.2, 0.25) is 0 Å². The van der Waals surface area contributed by atoms with Gasteiger partial charge in [0.05, 0.1) is 6.07 Å². The van der Waals surface area contributed by atoms with E-state index in [9.17, 15) is 4.79 Å². The fraction of sp³-hybridized carbons (Fsp3) is 0.818. The van der Waals surface area contributed by atoms with Crippen LogP contribution >= 0.6 is 0 Å². The van der Waals surface area contributed by atoms with Crippen LogP contribution in [0.25, 0.3) is 0 Å². The standard InChI is InChI=1S/C11H18N2O/c1-3-9-7-13(8-10(9)4-2)11(14)5-6-12/h9-10H,3-5,7-8H2,1-2H3. The van der Waals surface area contributed by atoms with E-state index in [0.717, 1.165) is 25.9 Å². The Morgan fingerprint density at radius 2 is 1.86 bits per heavy atom. The molecule has 1 amide bonds. The van der Waals surface area contributed by atoms with Gasteiger partial charge in [0.15, 0.2) is 0 Å². The van der Waals surface area contributed by atoms with Gasteiger partial charge in [-0.05, 0) is 11.8 Å². The molecular weight excluding hydrogens is 176 g/mol. The second-order valence-electron chi connectivity index (χ2n) is 3.97. The molecule has 1 rings (SSSR count). The van der Waals surface area contributed by atoms with E-state index in [0.29, 0.717) is 11.8 Å². The molecule has 3 heteroatoms. The van der Waals surface area contributed by atoms with E-state index in [1.54, 1.807) is 0 Å². The van der Waals surface area contributed by atoms with E-state index in [1.807, 2.05) is 11.0 Å². The second kappa shape index (κ2) is 4.99. The molecule has 3 nitrogen and oxygen atoms in total. The third-order valence-electron chi connectivity index (χ3n) is 3.21. The van der Waals surface area contributed by atoms with Crippen molar-refractivity contribution in [2.45, 2.75) is 33.1 Å². The zero-order valence-electron chi connectivity index (χ0n) is 8.99. The Kier molecular flexibility index (Phi) is 3.94. The van der Waals surface area contributed by atoms with Crippen molar-refractivity contribution in [3.05, 3.63) is 0 Å². The maximum absolute atomic E-state index is 11.5. The van der Waals surface area contributed by atoms with Gasteiger partial charge in [-0.1, -0.05) is 26.7 Å². The van der Waals surface area contributed by atoms with Crippen molar-refractivity contribution in [3.63, 3.8) is 0 Å². The van der Waals surface area contributed by atoms with Crippen LogP contribution in [0.4, 0.5) is 0 Å². The van der Waals surface area contributed by atoms with Gasteiger partial charge in [-0.25, -0.2) is 0 Å². The molecule has 1 aliphatic rings. The molecule has 1 fully saturated rings. The van der Waals surface area contributed by atoms with Gasteiger partial charge >= 0.3 is 0 Å². The molecule has 1 aliphatic heterocycles. The maximum Gasteiger partial charge on any atom is 0.236 e. The molecule has 0 bridgehead atoms. The molecule has 0 aromatic carbocycles. The Bertz CT molecular complexity index is 232. The zero-order chi connectivity index (χ0) is 10.6. The SMILES string of the molecule is CCC1CN(C(=O)CC#N)CC1CC. The number of carbonyl (C=O) groups is 1. The summed E-state index contributed by atoms with van der Waals surface area (Å²) in [5.74, 6) is 1.28. The Labute approximate surface area is 85.7 Å². The van der Waals surface area contributed by atoms with E-state index in [2.05, 4.69) is 13.8 Å². The van der Waals surface area contributed by atoms with E-state index in [-0.39, 0.29) is 12.3 Å². The molecule has 14 heavy (non-hydrogen) atoms. The fourth-order valence-corrected chi connectivity index (χ4v) is 2.25. The van der Waals surface area contributed by atoms with Crippen molar-refractivity contribution in [3.8, 4) is 6.07 Å². The highest BCUT2D eigenvalue weighted by Gasteiger charge is 2.32. The monoisotopic (exact) mass is 194 g/mol.